The Balaban J connectivity index is 2.53. The van der Waals surface area contributed by atoms with Crippen LogP contribution in [0.4, 0.5) is 0 Å². The second kappa shape index (κ2) is 8.01. The van der Waals surface area contributed by atoms with Crippen molar-refractivity contribution in [3.63, 3.8) is 0 Å². The molecule has 7 nitrogen and oxygen atoms in total. The number of carboxylic acids is 2. The fraction of sp³-hybridized carbons (Fsp3) is 0.357. The maximum absolute atomic E-state index is 11.7. The number of amides is 1. The van der Waals surface area contributed by atoms with E-state index in [1.54, 1.807) is 24.3 Å². The molecule has 0 fully saturated rings. The van der Waals surface area contributed by atoms with E-state index in [1.165, 1.54) is 0 Å². The lowest BCUT2D eigenvalue weighted by Crippen LogP contribution is -2.43. The van der Waals surface area contributed by atoms with Crippen LogP contribution < -0.4 is 11.1 Å². The van der Waals surface area contributed by atoms with Gasteiger partial charge in [0, 0.05) is 12.8 Å². The van der Waals surface area contributed by atoms with E-state index in [0.717, 1.165) is 5.56 Å². The van der Waals surface area contributed by atoms with E-state index in [1.807, 2.05) is 6.07 Å². The molecule has 0 bridgehead atoms. The minimum Gasteiger partial charge on any atom is -0.480 e. The lowest BCUT2D eigenvalue weighted by Gasteiger charge is -2.15. The molecule has 0 aliphatic rings. The van der Waals surface area contributed by atoms with Crippen LogP contribution in [0.15, 0.2) is 30.3 Å². The highest BCUT2D eigenvalue weighted by molar-refractivity contribution is 5.84. The first-order valence-electron chi connectivity index (χ1n) is 6.44. The fourth-order valence-corrected chi connectivity index (χ4v) is 1.73. The molecule has 114 valence electrons. The molecule has 5 N–H and O–H groups in total. The highest BCUT2D eigenvalue weighted by atomic mass is 16.5. The summed E-state index contributed by atoms with van der Waals surface area (Å²) in [4.78, 5) is 33.3. The Labute approximate surface area is 121 Å². The third-order valence-electron chi connectivity index (χ3n) is 2.92. The van der Waals surface area contributed by atoms with Crippen molar-refractivity contribution < 1.29 is 24.6 Å². The first-order valence-corrected chi connectivity index (χ1v) is 6.44. The molecule has 1 aromatic rings. The van der Waals surface area contributed by atoms with E-state index < -0.39 is 29.9 Å². The molecular formula is C14H18N2O5. The zero-order valence-corrected chi connectivity index (χ0v) is 11.4. The Kier molecular flexibility index (Phi) is 6.35. The maximum Gasteiger partial charge on any atom is 0.326 e. The van der Waals surface area contributed by atoms with Gasteiger partial charge in [0.25, 0.3) is 0 Å². The average Bonchev–Trinajstić information content (AvgIpc) is 2.44. The highest BCUT2D eigenvalue weighted by Gasteiger charge is 2.21. The summed E-state index contributed by atoms with van der Waals surface area (Å²) in [7, 11) is 0. The van der Waals surface area contributed by atoms with Crippen molar-refractivity contribution in [2.24, 2.45) is 5.73 Å². The topological polar surface area (TPSA) is 130 Å². The van der Waals surface area contributed by atoms with E-state index in [-0.39, 0.29) is 19.3 Å². The number of nitrogens with two attached hydrogens (primary N) is 1. The molecule has 1 rings (SSSR count). The summed E-state index contributed by atoms with van der Waals surface area (Å²) in [5.41, 5.74) is 6.07. The van der Waals surface area contributed by atoms with Gasteiger partial charge in [-0.3, -0.25) is 9.59 Å². The van der Waals surface area contributed by atoms with Gasteiger partial charge in [0.05, 0.1) is 0 Å². The van der Waals surface area contributed by atoms with Crippen molar-refractivity contribution in [3.8, 4) is 0 Å². The Morgan fingerprint density at radius 2 is 1.71 bits per heavy atom. The smallest absolute Gasteiger partial charge is 0.326 e. The van der Waals surface area contributed by atoms with E-state index in [4.69, 9.17) is 15.9 Å². The summed E-state index contributed by atoms with van der Waals surface area (Å²) >= 11 is 0. The van der Waals surface area contributed by atoms with Crippen molar-refractivity contribution in [2.75, 3.05) is 0 Å². The van der Waals surface area contributed by atoms with Crippen LogP contribution in [0.1, 0.15) is 18.4 Å². The summed E-state index contributed by atoms with van der Waals surface area (Å²) in [5, 5.41) is 20.1. The number of benzene rings is 1. The molecule has 0 radical (unpaired) electrons. The first-order chi connectivity index (χ1) is 9.90. The zero-order valence-electron chi connectivity index (χ0n) is 11.4. The molecule has 21 heavy (non-hydrogen) atoms. The van der Waals surface area contributed by atoms with E-state index in [2.05, 4.69) is 5.32 Å². The molecule has 1 amide bonds. The molecule has 0 saturated heterocycles. The molecule has 2 atom stereocenters. The molecule has 0 saturated carbocycles. The summed E-state index contributed by atoms with van der Waals surface area (Å²) < 4.78 is 0. The van der Waals surface area contributed by atoms with Crippen molar-refractivity contribution in [1.29, 1.82) is 0 Å². The van der Waals surface area contributed by atoms with Gasteiger partial charge in [0.2, 0.25) is 5.91 Å². The lowest BCUT2D eigenvalue weighted by atomic mass is 10.2. The SMILES string of the molecule is N[C@@H](CCC(=O)[15NH][13C@@H]([13CH2][13c]1[13cH][13cH][13cH][13cH][13cH]1)[13C](=O)O)C(=O)O. The Hall–Kier alpha value is -2.41. The fourth-order valence-electron chi connectivity index (χ4n) is 1.73. The van der Waals surface area contributed by atoms with Crippen molar-refractivity contribution in [1.82, 2.24) is 5.32 Å². The Morgan fingerprint density at radius 1 is 1.10 bits per heavy atom. The van der Waals surface area contributed by atoms with Gasteiger partial charge in [-0.1, -0.05) is 30.3 Å². The maximum atomic E-state index is 11.7. The Bertz CT molecular complexity index is 503. The van der Waals surface area contributed by atoms with Crippen LogP contribution >= 0.6 is 0 Å². The molecule has 0 aliphatic heterocycles. The summed E-state index contributed by atoms with van der Waals surface area (Å²) in [6.45, 7) is 0. The number of rotatable bonds is 8. The van der Waals surface area contributed by atoms with Crippen LogP contribution in [-0.4, -0.2) is 40.1 Å². The van der Waals surface area contributed by atoms with Gasteiger partial charge in [-0.15, -0.1) is 0 Å². The molecule has 0 heterocycles. The molecule has 0 spiro atoms. The number of carbonyl (C=O) groups excluding carboxylic acids is 1. The molecular weight excluding hydrogens is 286 g/mol. The minimum absolute atomic E-state index is 0.0428. The van der Waals surface area contributed by atoms with Crippen molar-refractivity contribution in [2.45, 2.75) is 31.3 Å². The van der Waals surface area contributed by atoms with Crippen LogP contribution in [0.3, 0.4) is 0 Å². The van der Waals surface area contributed by atoms with E-state index >= 15 is 0 Å². The average molecular weight is 304 g/mol. The summed E-state index contributed by atoms with van der Waals surface area (Å²) in [6.07, 6.45) is -0.0161. The van der Waals surface area contributed by atoms with Gasteiger partial charge >= 0.3 is 11.9 Å². The second-order valence-corrected chi connectivity index (χ2v) is 4.63. The lowest BCUT2D eigenvalue weighted by molar-refractivity contribution is -0.142. The minimum atomic E-state index is -1.19. The first kappa shape index (κ1) is 16.6. The highest BCUT2D eigenvalue weighted by Crippen LogP contribution is 2.04. The standard InChI is InChI=1S/C14H18N2O5/c15-10(13(18)19)6-7-12(17)16-11(14(20)21)8-9-4-2-1-3-5-9/h1-5,10-11H,6-8,15H2,(H,16,17)(H,18,19)(H,20,21)/t10-,11-/m0/s1/i1+1,2+1,3+1,4+1,5+1,8+1,9+1,11+1,14+1,16+1. The molecule has 1 aromatic carbocycles. The number of nitrogens with one attached hydrogen (secondary N) is 1. The zero-order chi connectivity index (χ0) is 15.8. The van der Waals surface area contributed by atoms with Crippen LogP contribution in [0.5, 0.6) is 0 Å². The quantitative estimate of drug-likeness (QED) is 0.395. The number of hydrogen-bond acceptors (Lipinski definition) is 4. The van der Waals surface area contributed by atoms with Crippen LogP contribution in [0, 0.1) is 0 Å². The summed E-state index contributed by atoms with van der Waals surface area (Å²) in [5.74, 6) is -2.87. The third-order valence-corrected chi connectivity index (χ3v) is 2.92. The van der Waals surface area contributed by atoms with Crippen molar-refractivity contribution in [3.05, 3.63) is 35.9 Å². The Morgan fingerprint density at radius 3 is 2.24 bits per heavy atom. The van der Waals surface area contributed by atoms with E-state index in [9.17, 15) is 14.4 Å². The molecule has 0 aliphatic carbocycles. The number of aliphatic carboxylic acids is 2. The van der Waals surface area contributed by atoms with Crippen molar-refractivity contribution >= 4 is 17.8 Å². The summed E-state index contributed by atoms with van der Waals surface area (Å²) in [6, 6.07) is 6.72. The van der Waals surface area contributed by atoms with Crippen LogP contribution in [0.2, 0.25) is 0 Å². The molecule has 0 unspecified atom stereocenters. The second-order valence-electron chi connectivity index (χ2n) is 4.63. The van der Waals surface area contributed by atoms with Gasteiger partial charge in [0.1, 0.15) is 12.1 Å². The van der Waals surface area contributed by atoms with Gasteiger partial charge in [-0.25, -0.2) is 4.79 Å². The third kappa shape index (κ3) is 6.05. The number of carboxylic acid groups (broad SMARTS) is 2. The largest absolute Gasteiger partial charge is 0.480 e. The predicted octanol–water partition coefficient (Wildman–Crippen LogP) is -0.00940. The van der Waals surface area contributed by atoms with Crippen LogP contribution in [0.25, 0.3) is 0 Å². The number of carbonyl (C=O) groups is 3. The predicted molar refractivity (Wildman–Crippen MR) is 74.6 cm³/mol. The van der Waals surface area contributed by atoms with E-state index in [0.29, 0.717) is 0 Å². The van der Waals surface area contributed by atoms with Gasteiger partial charge in [-0.05, 0) is 12.0 Å². The molecule has 7 heteroatoms. The van der Waals surface area contributed by atoms with Gasteiger partial charge in [0.15, 0.2) is 0 Å². The number of hydrogen-bond donors (Lipinski definition) is 4. The molecule has 0 aromatic heterocycles. The van der Waals surface area contributed by atoms with Crippen LogP contribution in [-0.2, 0) is 20.8 Å². The normalized spacial score (nSPS) is 13.2. The van der Waals surface area contributed by atoms with Gasteiger partial charge in [-0.2, -0.15) is 0 Å². The van der Waals surface area contributed by atoms with Gasteiger partial charge < -0.3 is 21.3 Å². The monoisotopic (exact) mass is 304 g/mol.